The number of carboxylic acids is 1. The minimum Gasteiger partial charge on any atom is -0.478 e. The van der Waals surface area contributed by atoms with Crippen molar-refractivity contribution in [2.75, 3.05) is 18.0 Å². The van der Waals surface area contributed by atoms with Gasteiger partial charge in [0.25, 0.3) is 0 Å². The van der Waals surface area contributed by atoms with E-state index in [1.54, 1.807) is 12.1 Å². The van der Waals surface area contributed by atoms with Gasteiger partial charge in [0.2, 0.25) is 0 Å². The molecule has 1 spiro atoms. The lowest BCUT2D eigenvalue weighted by atomic mass is 9.77. The Labute approximate surface area is 119 Å². The van der Waals surface area contributed by atoms with Crippen molar-refractivity contribution >= 4 is 11.8 Å². The minimum atomic E-state index is -0.881. The Morgan fingerprint density at radius 2 is 1.85 bits per heavy atom. The average molecular weight is 274 g/mol. The zero-order valence-corrected chi connectivity index (χ0v) is 12.1. The summed E-state index contributed by atoms with van der Waals surface area (Å²) in [5, 5.41) is 9.33. The molecule has 3 rings (SSSR count). The van der Waals surface area contributed by atoms with Gasteiger partial charge in [-0.3, -0.25) is 0 Å². The highest BCUT2D eigenvalue weighted by atomic mass is 16.4. The molecule has 1 aromatic heterocycles. The highest BCUT2D eigenvalue weighted by molar-refractivity contribution is 5.93. The Morgan fingerprint density at radius 1 is 1.20 bits per heavy atom. The molecule has 2 aliphatic rings. The van der Waals surface area contributed by atoms with Crippen LogP contribution in [0.5, 0.6) is 0 Å². The highest BCUT2D eigenvalue weighted by Crippen LogP contribution is 2.46. The Balaban J connectivity index is 1.80. The summed E-state index contributed by atoms with van der Waals surface area (Å²) in [6.45, 7) is 3.80. The van der Waals surface area contributed by atoms with Crippen molar-refractivity contribution in [3.8, 4) is 0 Å². The van der Waals surface area contributed by atoms with Crippen molar-refractivity contribution in [1.29, 1.82) is 0 Å². The van der Waals surface area contributed by atoms with Crippen LogP contribution >= 0.6 is 0 Å². The lowest BCUT2D eigenvalue weighted by molar-refractivity contribution is 0.0697. The summed E-state index contributed by atoms with van der Waals surface area (Å²) in [4.78, 5) is 18.0. The summed E-state index contributed by atoms with van der Waals surface area (Å²) in [5.41, 5.74) is 1.76. The first-order valence-electron chi connectivity index (χ1n) is 7.56. The number of aromatic carboxylic acids is 1. The van der Waals surface area contributed by atoms with E-state index in [-0.39, 0.29) is 0 Å². The van der Waals surface area contributed by atoms with Crippen molar-refractivity contribution in [3.05, 3.63) is 23.4 Å². The first-order valence-corrected chi connectivity index (χ1v) is 7.56. The maximum absolute atomic E-state index is 11.4. The van der Waals surface area contributed by atoms with Crippen molar-refractivity contribution in [3.63, 3.8) is 0 Å². The lowest BCUT2D eigenvalue weighted by Gasteiger charge is -2.40. The molecule has 4 nitrogen and oxygen atoms in total. The van der Waals surface area contributed by atoms with Crippen molar-refractivity contribution in [1.82, 2.24) is 4.98 Å². The Bertz CT molecular complexity index is 511. The van der Waals surface area contributed by atoms with Gasteiger partial charge in [0.15, 0.2) is 0 Å². The number of hydrogen-bond acceptors (Lipinski definition) is 3. The van der Waals surface area contributed by atoms with Gasteiger partial charge < -0.3 is 10.0 Å². The zero-order chi connectivity index (χ0) is 14.2. The molecule has 1 N–H and O–H groups in total. The fourth-order valence-electron chi connectivity index (χ4n) is 3.77. The molecule has 0 atom stereocenters. The lowest BCUT2D eigenvalue weighted by Crippen LogP contribution is -2.40. The average Bonchev–Trinajstić information content (AvgIpc) is 2.87. The molecule has 0 radical (unpaired) electrons. The summed E-state index contributed by atoms with van der Waals surface area (Å²) in [5.74, 6) is -0.223. The maximum atomic E-state index is 11.4. The van der Waals surface area contributed by atoms with E-state index < -0.39 is 5.97 Å². The van der Waals surface area contributed by atoms with Gasteiger partial charge in [-0.2, -0.15) is 0 Å². The number of carboxylic acid groups (broad SMARTS) is 1. The number of pyridine rings is 1. The van der Waals surface area contributed by atoms with Gasteiger partial charge >= 0.3 is 5.97 Å². The molecule has 108 valence electrons. The minimum absolute atomic E-state index is 0.331. The molecule has 1 saturated heterocycles. The first-order chi connectivity index (χ1) is 9.60. The van der Waals surface area contributed by atoms with E-state index in [4.69, 9.17) is 0 Å². The molecule has 0 bridgehead atoms. The number of hydrogen-bond donors (Lipinski definition) is 1. The van der Waals surface area contributed by atoms with Gasteiger partial charge in [-0.15, -0.1) is 0 Å². The second-order valence-corrected chi connectivity index (χ2v) is 6.32. The normalized spacial score (nSPS) is 21.4. The van der Waals surface area contributed by atoms with Crippen LogP contribution in [0, 0.1) is 12.3 Å². The third-order valence-electron chi connectivity index (χ3n) is 5.03. The van der Waals surface area contributed by atoms with Crippen molar-refractivity contribution in [2.24, 2.45) is 5.41 Å². The molecule has 0 aromatic carbocycles. The Morgan fingerprint density at radius 3 is 2.45 bits per heavy atom. The molecule has 2 heterocycles. The molecule has 1 aliphatic carbocycles. The van der Waals surface area contributed by atoms with Crippen LogP contribution in [-0.4, -0.2) is 29.1 Å². The molecule has 1 saturated carbocycles. The third-order valence-corrected chi connectivity index (χ3v) is 5.03. The fourth-order valence-corrected chi connectivity index (χ4v) is 3.77. The topological polar surface area (TPSA) is 53.4 Å². The second-order valence-electron chi connectivity index (χ2n) is 6.32. The summed E-state index contributed by atoms with van der Waals surface area (Å²) in [6.07, 6.45) is 7.80. The van der Waals surface area contributed by atoms with Gasteiger partial charge in [-0.1, -0.05) is 12.8 Å². The Kier molecular flexibility index (Phi) is 3.40. The van der Waals surface area contributed by atoms with Crippen LogP contribution in [0.25, 0.3) is 0 Å². The third kappa shape index (κ3) is 2.39. The molecular formula is C16H22N2O2. The van der Waals surface area contributed by atoms with E-state index in [2.05, 4.69) is 9.88 Å². The van der Waals surface area contributed by atoms with E-state index in [0.29, 0.717) is 16.8 Å². The van der Waals surface area contributed by atoms with Gasteiger partial charge in [0.1, 0.15) is 11.4 Å². The number of carbonyl (C=O) groups is 1. The van der Waals surface area contributed by atoms with Crippen molar-refractivity contribution in [2.45, 2.75) is 45.4 Å². The van der Waals surface area contributed by atoms with Gasteiger partial charge in [0, 0.05) is 18.8 Å². The van der Waals surface area contributed by atoms with Crippen molar-refractivity contribution < 1.29 is 9.90 Å². The molecule has 4 heteroatoms. The van der Waals surface area contributed by atoms with E-state index >= 15 is 0 Å². The van der Waals surface area contributed by atoms with Crippen LogP contribution in [0.15, 0.2) is 12.1 Å². The Hall–Kier alpha value is -1.58. The first kappa shape index (κ1) is 13.4. The predicted octanol–water partition coefficient (Wildman–Crippen LogP) is 3.25. The van der Waals surface area contributed by atoms with Gasteiger partial charge in [0.05, 0.1) is 0 Å². The summed E-state index contributed by atoms with van der Waals surface area (Å²) in [6, 6.07) is 3.45. The standard InChI is InChI=1S/C16H22N2O2/c1-12-4-5-13(15(19)20)14(17-12)18-10-8-16(9-11-18)6-2-3-7-16/h4-5H,2-3,6-11H2,1H3,(H,19,20). The number of aryl methyl sites for hydroxylation is 1. The number of aromatic nitrogens is 1. The monoisotopic (exact) mass is 274 g/mol. The SMILES string of the molecule is Cc1ccc(C(=O)O)c(N2CCC3(CCCC3)CC2)n1. The van der Waals surface area contributed by atoms with Crippen LogP contribution < -0.4 is 4.90 Å². The van der Waals surface area contributed by atoms with Crippen LogP contribution in [-0.2, 0) is 0 Å². The molecule has 20 heavy (non-hydrogen) atoms. The molecule has 0 unspecified atom stereocenters. The van der Waals surface area contributed by atoms with E-state index in [1.807, 2.05) is 6.92 Å². The van der Waals surface area contributed by atoms with Gasteiger partial charge in [-0.25, -0.2) is 9.78 Å². The number of anilines is 1. The number of nitrogens with zero attached hydrogens (tertiary/aromatic N) is 2. The van der Waals surface area contributed by atoms with Crippen LogP contribution in [0.1, 0.15) is 54.6 Å². The van der Waals surface area contributed by atoms with E-state index in [9.17, 15) is 9.90 Å². The van der Waals surface area contributed by atoms with Gasteiger partial charge in [-0.05, 0) is 50.2 Å². The largest absolute Gasteiger partial charge is 0.478 e. The molecular weight excluding hydrogens is 252 g/mol. The smallest absolute Gasteiger partial charge is 0.339 e. The van der Waals surface area contributed by atoms with E-state index in [0.717, 1.165) is 18.8 Å². The predicted molar refractivity (Wildman–Crippen MR) is 78.3 cm³/mol. The number of piperidine rings is 1. The van der Waals surface area contributed by atoms with Crippen LogP contribution in [0.4, 0.5) is 5.82 Å². The molecule has 1 aromatic rings. The second kappa shape index (κ2) is 5.08. The summed E-state index contributed by atoms with van der Waals surface area (Å²) in [7, 11) is 0. The number of rotatable bonds is 2. The molecule has 0 amide bonds. The quantitative estimate of drug-likeness (QED) is 0.899. The highest BCUT2D eigenvalue weighted by Gasteiger charge is 2.37. The molecule has 1 aliphatic heterocycles. The molecule has 2 fully saturated rings. The van der Waals surface area contributed by atoms with Crippen LogP contribution in [0.3, 0.4) is 0 Å². The fraction of sp³-hybridized carbons (Fsp3) is 0.625. The summed E-state index contributed by atoms with van der Waals surface area (Å²) >= 11 is 0. The maximum Gasteiger partial charge on any atom is 0.339 e. The zero-order valence-electron chi connectivity index (χ0n) is 12.1. The van der Waals surface area contributed by atoms with E-state index in [1.165, 1.54) is 38.5 Å². The summed E-state index contributed by atoms with van der Waals surface area (Å²) < 4.78 is 0. The van der Waals surface area contributed by atoms with Crippen LogP contribution in [0.2, 0.25) is 0 Å².